The second-order valence-electron chi connectivity index (χ2n) is 7.12. The van der Waals surface area contributed by atoms with E-state index in [2.05, 4.69) is 15.6 Å². The topological polar surface area (TPSA) is 67.7 Å². The Morgan fingerprint density at radius 3 is 2.67 bits per heavy atom. The zero-order valence-corrected chi connectivity index (χ0v) is 17.0. The summed E-state index contributed by atoms with van der Waals surface area (Å²) in [5, 5.41) is 6.37. The summed E-state index contributed by atoms with van der Waals surface area (Å²) in [4.78, 5) is 17.8. The molecule has 2 aromatic heterocycles. The highest BCUT2D eigenvalue weighted by atomic mass is 16.5. The summed E-state index contributed by atoms with van der Waals surface area (Å²) in [7, 11) is 1.59. The first-order chi connectivity index (χ1) is 14.6. The molecule has 1 atom stereocenters. The number of methoxy groups -OCH3 is 1. The molecule has 0 bridgehead atoms. The molecule has 0 aliphatic rings. The van der Waals surface area contributed by atoms with Gasteiger partial charge in [0, 0.05) is 18.9 Å². The minimum absolute atomic E-state index is 0.158. The molecule has 0 aliphatic carbocycles. The maximum atomic E-state index is 13.2. The summed E-state index contributed by atoms with van der Waals surface area (Å²) in [6, 6.07) is 20.7. The number of benzene rings is 2. The van der Waals surface area contributed by atoms with Gasteiger partial charge in [0.05, 0.1) is 18.5 Å². The van der Waals surface area contributed by atoms with Crippen molar-refractivity contribution in [1.29, 1.82) is 0 Å². The van der Waals surface area contributed by atoms with E-state index in [4.69, 9.17) is 4.74 Å². The van der Waals surface area contributed by atoms with Gasteiger partial charge in [-0.25, -0.2) is 4.98 Å². The Bertz CT molecular complexity index is 1120. The van der Waals surface area contributed by atoms with Crippen LogP contribution in [0.1, 0.15) is 22.9 Å². The maximum Gasteiger partial charge on any atom is 0.246 e. The largest absolute Gasteiger partial charge is 0.495 e. The van der Waals surface area contributed by atoms with Crippen molar-refractivity contribution in [1.82, 2.24) is 14.7 Å². The fourth-order valence-corrected chi connectivity index (χ4v) is 3.41. The second-order valence-corrected chi connectivity index (χ2v) is 7.12. The zero-order valence-electron chi connectivity index (χ0n) is 17.0. The van der Waals surface area contributed by atoms with Crippen LogP contribution in [0.3, 0.4) is 0 Å². The van der Waals surface area contributed by atoms with Crippen molar-refractivity contribution in [2.45, 2.75) is 19.5 Å². The van der Waals surface area contributed by atoms with Crippen molar-refractivity contribution < 1.29 is 9.53 Å². The van der Waals surface area contributed by atoms with Crippen LogP contribution in [-0.2, 0) is 11.3 Å². The van der Waals surface area contributed by atoms with Crippen LogP contribution in [0.25, 0.3) is 5.65 Å². The van der Waals surface area contributed by atoms with E-state index in [1.807, 2.05) is 90.4 Å². The zero-order chi connectivity index (χ0) is 20.9. The Morgan fingerprint density at radius 2 is 1.90 bits per heavy atom. The Balaban J connectivity index is 1.57. The number of pyridine rings is 1. The molecular formula is C24H24N4O2. The van der Waals surface area contributed by atoms with E-state index < -0.39 is 6.04 Å². The summed E-state index contributed by atoms with van der Waals surface area (Å²) in [6.07, 6.45) is 3.92. The molecule has 30 heavy (non-hydrogen) atoms. The quantitative estimate of drug-likeness (QED) is 0.490. The van der Waals surface area contributed by atoms with Gasteiger partial charge in [0.1, 0.15) is 17.4 Å². The first-order valence-corrected chi connectivity index (χ1v) is 9.80. The summed E-state index contributed by atoms with van der Waals surface area (Å²) >= 11 is 0. The molecular weight excluding hydrogens is 376 g/mol. The first-order valence-electron chi connectivity index (χ1n) is 9.80. The lowest BCUT2D eigenvalue weighted by atomic mass is 10.1. The van der Waals surface area contributed by atoms with Gasteiger partial charge in [-0.2, -0.15) is 0 Å². The molecule has 2 N–H and O–H groups in total. The number of carbonyl (C=O) groups is 1. The molecule has 6 nitrogen and oxygen atoms in total. The van der Waals surface area contributed by atoms with Crippen LogP contribution in [0.5, 0.6) is 5.75 Å². The van der Waals surface area contributed by atoms with Gasteiger partial charge in [-0.05, 0) is 42.3 Å². The predicted molar refractivity (Wildman–Crippen MR) is 118 cm³/mol. The van der Waals surface area contributed by atoms with Gasteiger partial charge >= 0.3 is 0 Å². The van der Waals surface area contributed by atoms with Crippen LogP contribution in [-0.4, -0.2) is 22.4 Å². The van der Waals surface area contributed by atoms with E-state index >= 15 is 0 Å². The van der Waals surface area contributed by atoms with E-state index in [0.717, 1.165) is 22.5 Å². The van der Waals surface area contributed by atoms with Gasteiger partial charge in [0.2, 0.25) is 5.91 Å². The van der Waals surface area contributed by atoms with Crippen molar-refractivity contribution in [2.75, 3.05) is 12.4 Å². The minimum Gasteiger partial charge on any atom is -0.495 e. The number of nitrogens with zero attached hydrogens (tertiary/aromatic N) is 2. The minimum atomic E-state index is -0.541. The lowest BCUT2D eigenvalue weighted by Crippen LogP contribution is -2.33. The maximum absolute atomic E-state index is 13.2. The molecule has 0 unspecified atom stereocenters. The average Bonchev–Trinajstić information content (AvgIpc) is 3.18. The Morgan fingerprint density at radius 1 is 1.10 bits per heavy atom. The van der Waals surface area contributed by atoms with Crippen molar-refractivity contribution in [3.05, 3.63) is 95.9 Å². The number of hydrogen-bond acceptors (Lipinski definition) is 4. The third kappa shape index (κ3) is 4.34. The summed E-state index contributed by atoms with van der Waals surface area (Å²) in [5.41, 5.74) is 4.31. The number of rotatable bonds is 7. The molecule has 0 saturated heterocycles. The highest BCUT2D eigenvalue weighted by Crippen LogP contribution is 2.27. The fraction of sp³-hybridized carbons (Fsp3) is 0.167. The molecule has 0 radical (unpaired) electrons. The number of aromatic nitrogens is 2. The molecule has 1 amide bonds. The van der Waals surface area contributed by atoms with Gasteiger partial charge in [-0.1, -0.05) is 42.5 Å². The monoisotopic (exact) mass is 400 g/mol. The molecule has 152 valence electrons. The van der Waals surface area contributed by atoms with Crippen LogP contribution in [0.2, 0.25) is 0 Å². The Hall–Kier alpha value is -3.64. The third-order valence-corrected chi connectivity index (χ3v) is 4.91. The third-order valence-electron chi connectivity index (χ3n) is 4.91. The number of hydrogen-bond donors (Lipinski definition) is 2. The smallest absolute Gasteiger partial charge is 0.246 e. The lowest BCUT2D eigenvalue weighted by molar-refractivity contribution is -0.118. The van der Waals surface area contributed by atoms with Crippen LogP contribution in [0, 0.1) is 6.92 Å². The standard InChI is InChI=1S/C24H24N4O2/c1-17-11-12-21(30-2)20(14-17)27-24(29)23(18-8-4-3-5-9-18)25-15-19-16-28-13-7-6-10-22(28)26-19/h3-14,16,23,25H,15H2,1-2H3,(H,27,29)/t23-/m1/s1. The van der Waals surface area contributed by atoms with Crippen LogP contribution < -0.4 is 15.4 Å². The van der Waals surface area contributed by atoms with Crippen molar-refractivity contribution >= 4 is 17.2 Å². The van der Waals surface area contributed by atoms with Gasteiger partial charge in [0.25, 0.3) is 0 Å². The normalized spacial score (nSPS) is 11.9. The molecule has 2 aromatic carbocycles. The van der Waals surface area contributed by atoms with E-state index in [1.54, 1.807) is 7.11 Å². The number of imidazole rings is 1. The van der Waals surface area contributed by atoms with Gasteiger partial charge in [-0.15, -0.1) is 0 Å². The number of nitrogens with one attached hydrogen (secondary N) is 2. The highest BCUT2D eigenvalue weighted by Gasteiger charge is 2.22. The van der Waals surface area contributed by atoms with E-state index in [1.165, 1.54) is 0 Å². The first kappa shape index (κ1) is 19.7. The molecule has 2 heterocycles. The molecule has 4 aromatic rings. The van der Waals surface area contributed by atoms with Crippen LogP contribution in [0.4, 0.5) is 5.69 Å². The van der Waals surface area contributed by atoms with Gasteiger partial charge in [0.15, 0.2) is 0 Å². The van der Waals surface area contributed by atoms with Crippen LogP contribution >= 0.6 is 0 Å². The lowest BCUT2D eigenvalue weighted by Gasteiger charge is -2.19. The molecule has 4 rings (SSSR count). The van der Waals surface area contributed by atoms with Crippen molar-refractivity contribution in [3.63, 3.8) is 0 Å². The van der Waals surface area contributed by atoms with E-state index in [0.29, 0.717) is 18.0 Å². The number of anilines is 1. The number of fused-ring (bicyclic) bond motifs is 1. The predicted octanol–water partition coefficient (Wildman–Crippen LogP) is 4.12. The molecule has 0 fully saturated rings. The van der Waals surface area contributed by atoms with Gasteiger partial charge in [-0.3, -0.25) is 10.1 Å². The van der Waals surface area contributed by atoms with Crippen molar-refractivity contribution in [3.8, 4) is 5.75 Å². The second kappa shape index (κ2) is 8.80. The van der Waals surface area contributed by atoms with E-state index in [9.17, 15) is 4.79 Å². The Labute approximate surface area is 175 Å². The van der Waals surface area contributed by atoms with Crippen LogP contribution in [0.15, 0.2) is 79.1 Å². The Kier molecular flexibility index (Phi) is 5.77. The fourth-order valence-electron chi connectivity index (χ4n) is 3.41. The number of aryl methyl sites for hydroxylation is 1. The summed E-state index contributed by atoms with van der Waals surface area (Å²) in [5.74, 6) is 0.468. The molecule has 0 saturated carbocycles. The highest BCUT2D eigenvalue weighted by molar-refractivity contribution is 5.96. The molecule has 0 aliphatic heterocycles. The number of ether oxygens (including phenoxy) is 1. The number of amides is 1. The number of carbonyl (C=O) groups excluding carboxylic acids is 1. The summed E-state index contributed by atoms with van der Waals surface area (Å²) in [6.45, 7) is 2.44. The summed E-state index contributed by atoms with van der Waals surface area (Å²) < 4.78 is 7.37. The SMILES string of the molecule is COc1ccc(C)cc1NC(=O)[C@H](NCc1cn2ccccc2n1)c1ccccc1. The van der Waals surface area contributed by atoms with Crippen molar-refractivity contribution in [2.24, 2.45) is 0 Å². The van der Waals surface area contributed by atoms with Gasteiger partial charge < -0.3 is 14.5 Å². The van der Waals surface area contributed by atoms with E-state index in [-0.39, 0.29) is 5.91 Å². The average molecular weight is 400 g/mol. The molecule has 0 spiro atoms. The molecule has 6 heteroatoms.